The summed E-state index contributed by atoms with van der Waals surface area (Å²) in [7, 11) is 0. The molecule has 4 nitrogen and oxygen atoms in total. The van der Waals surface area contributed by atoms with E-state index in [4.69, 9.17) is 0 Å². The fourth-order valence-corrected chi connectivity index (χ4v) is 4.48. The van der Waals surface area contributed by atoms with Crippen LogP contribution in [0.15, 0.2) is 18.2 Å². The zero-order valence-corrected chi connectivity index (χ0v) is 12.2. The van der Waals surface area contributed by atoms with Crippen LogP contribution in [0.4, 0.5) is 4.39 Å². The number of nitrogens with zero attached hydrogens (tertiary/aromatic N) is 2. The number of rotatable bonds is 1. The molecule has 4 rings (SSSR count). The van der Waals surface area contributed by atoms with Gasteiger partial charge in [-0.2, -0.15) is 0 Å². The van der Waals surface area contributed by atoms with Crippen LogP contribution in [0.5, 0.6) is 0 Å². The van der Waals surface area contributed by atoms with Crippen molar-refractivity contribution in [2.45, 2.75) is 44.3 Å². The lowest BCUT2D eigenvalue weighted by atomic mass is 9.90. The maximum atomic E-state index is 13.7. The molecule has 5 heteroatoms. The molecule has 1 amide bonds. The Morgan fingerprint density at radius 3 is 2.90 bits per heavy atom. The van der Waals surface area contributed by atoms with Crippen LogP contribution in [0.1, 0.15) is 37.4 Å². The predicted molar refractivity (Wildman–Crippen MR) is 74.6 cm³/mol. The number of hydrazine groups is 1. The lowest BCUT2D eigenvalue weighted by Crippen LogP contribution is -2.46. The summed E-state index contributed by atoms with van der Waals surface area (Å²) >= 11 is 0. The van der Waals surface area contributed by atoms with Gasteiger partial charge in [0, 0.05) is 17.9 Å². The van der Waals surface area contributed by atoms with E-state index in [9.17, 15) is 14.3 Å². The molecule has 21 heavy (non-hydrogen) atoms. The summed E-state index contributed by atoms with van der Waals surface area (Å²) in [5.41, 5.74) is 1.82. The van der Waals surface area contributed by atoms with Crippen molar-refractivity contribution in [2.75, 3.05) is 6.61 Å². The first kappa shape index (κ1) is 13.2. The highest BCUT2D eigenvalue weighted by molar-refractivity contribution is 5.80. The minimum Gasteiger partial charge on any atom is -0.394 e. The SMILES string of the molecule is CC1(C)CC(=O)N2C(CO)C3Cc4ccc(F)cc4C3N21. The van der Waals surface area contributed by atoms with Crippen molar-refractivity contribution >= 4 is 5.91 Å². The van der Waals surface area contributed by atoms with Crippen LogP contribution < -0.4 is 0 Å². The van der Waals surface area contributed by atoms with Crippen molar-refractivity contribution in [1.82, 2.24) is 10.0 Å². The number of halogens is 1. The van der Waals surface area contributed by atoms with Crippen molar-refractivity contribution in [3.63, 3.8) is 0 Å². The van der Waals surface area contributed by atoms with Gasteiger partial charge in [-0.15, -0.1) is 0 Å². The van der Waals surface area contributed by atoms with Gasteiger partial charge in [0.2, 0.25) is 5.91 Å². The zero-order valence-electron chi connectivity index (χ0n) is 12.2. The molecule has 1 N–H and O–H groups in total. The van der Waals surface area contributed by atoms with Gasteiger partial charge in [-0.05, 0) is 43.5 Å². The van der Waals surface area contributed by atoms with E-state index in [0.29, 0.717) is 6.42 Å². The second kappa shape index (κ2) is 4.05. The standard InChI is InChI=1S/C16H19FN2O2/c1-16(2)7-14(21)18-13(8-20)12-5-9-3-4-10(17)6-11(9)15(12)19(16)18/h3-4,6,12-13,15,20H,5,7-8H2,1-2H3. The summed E-state index contributed by atoms with van der Waals surface area (Å²) in [6, 6.07) is 4.73. The third kappa shape index (κ3) is 1.59. The molecule has 0 aromatic heterocycles. The lowest BCUT2D eigenvalue weighted by Gasteiger charge is -2.36. The molecule has 3 atom stereocenters. The second-order valence-corrected chi connectivity index (χ2v) is 6.98. The minimum absolute atomic E-state index is 0.00528. The Morgan fingerprint density at radius 1 is 1.43 bits per heavy atom. The number of carbonyl (C=O) groups is 1. The van der Waals surface area contributed by atoms with Crippen molar-refractivity contribution in [3.8, 4) is 0 Å². The van der Waals surface area contributed by atoms with E-state index in [0.717, 1.165) is 17.5 Å². The van der Waals surface area contributed by atoms with Gasteiger partial charge in [0.15, 0.2) is 0 Å². The second-order valence-electron chi connectivity index (χ2n) is 6.98. The summed E-state index contributed by atoms with van der Waals surface area (Å²) in [5, 5.41) is 13.6. The predicted octanol–water partition coefficient (Wildman–Crippen LogP) is 1.64. The largest absolute Gasteiger partial charge is 0.394 e. The summed E-state index contributed by atoms with van der Waals surface area (Å²) in [6.07, 6.45) is 1.24. The average Bonchev–Trinajstić information content (AvgIpc) is 2.98. The van der Waals surface area contributed by atoms with E-state index in [2.05, 4.69) is 5.01 Å². The van der Waals surface area contributed by atoms with Gasteiger partial charge in [-0.3, -0.25) is 9.80 Å². The molecule has 3 aliphatic rings. The molecule has 2 fully saturated rings. The van der Waals surface area contributed by atoms with Crippen LogP contribution in [0.25, 0.3) is 0 Å². The van der Waals surface area contributed by atoms with Gasteiger partial charge in [0.05, 0.1) is 18.7 Å². The van der Waals surface area contributed by atoms with Gasteiger partial charge >= 0.3 is 0 Å². The van der Waals surface area contributed by atoms with Crippen LogP contribution in [0.2, 0.25) is 0 Å². The number of amides is 1. The van der Waals surface area contributed by atoms with Crippen molar-refractivity contribution in [1.29, 1.82) is 0 Å². The van der Waals surface area contributed by atoms with E-state index < -0.39 is 0 Å². The van der Waals surface area contributed by atoms with Crippen LogP contribution >= 0.6 is 0 Å². The van der Waals surface area contributed by atoms with Crippen LogP contribution in [-0.2, 0) is 11.2 Å². The van der Waals surface area contributed by atoms with Gasteiger partial charge < -0.3 is 5.11 Å². The molecular weight excluding hydrogens is 271 g/mol. The molecule has 2 saturated heterocycles. The molecule has 1 aliphatic carbocycles. The summed E-state index contributed by atoms with van der Waals surface area (Å²) in [4.78, 5) is 12.3. The zero-order chi connectivity index (χ0) is 14.9. The Hall–Kier alpha value is -1.46. The first-order valence-electron chi connectivity index (χ1n) is 7.44. The van der Waals surface area contributed by atoms with Crippen LogP contribution in [0.3, 0.4) is 0 Å². The molecule has 0 radical (unpaired) electrons. The first-order valence-corrected chi connectivity index (χ1v) is 7.44. The molecule has 1 aromatic rings. The number of aliphatic hydroxyl groups excluding tert-OH is 1. The van der Waals surface area contributed by atoms with Gasteiger partial charge in [0.25, 0.3) is 0 Å². The number of carbonyl (C=O) groups excluding carboxylic acids is 1. The first-order chi connectivity index (χ1) is 9.94. The Bertz CT molecular complexity index is 631. The number of hydrogen-bond acceptors (Lipinski definition) is 3. The normalized spacial score (nSPS) is 33.2. The average molecular weight is 290 g/mol. The van der Waals surface area contributed by atoms with Crippen molar-refractivity contribution in [2.24, 2.45) is 5.92 Å². The Morgan fingerprint density at radius 2 is 2.19 bits per heavy atom. The van der Waals surface area contributed by atoms with Crippen molar-refractivity contribution < 1.29 is 14.3 Å². The molecule has 2 heterocycles. The highest BCUT2D eigenvalue weighted by atomic mass is 19.1. The molecule has 0 bridgehead atoms. The minimum atomic E-state index is -0.294. The molecule has 1 aromatic carbocycles. The summed E-state index contributed by atoms with van der Waals surface area (Å²) in [5.74, 6) is -0.0292. The fraction of sp³-hybridized carbons (Fsp3) is 0.562. The smallest absolute Gasteiger partial charge is 0.239 e. The Labute approximate surface area is 123 Å². The number of benzene rings is 1. The van der Waals surface area contributed by atoms with E-state index >= 15 is 0 Å². The molecule has 2 aliphatic heterocycles. The topological polar surface area (TPSA) is 43.8 Å². The lowest BCUT2D eigenvalue weighted by molar-refractivity contribution is -0.142. The van der Waals surface area contributed by atoms with Gasteiger partial charge in [-0.1, -0.05) is 6.07 Å². The van der Waals surface area contributed by atoms with E-state index in [1.165, 1.54) is 6.07 Å². The highest BCUT2D eigenvalue weighted by Gasteiger charge is 2.61. The molecule has 0 saturated carbocycles. The van der Waals surface area contributed by atoms with E-state index in [1.54, 1.807) is 11.1 Å². The van der Waals surface area contributed by atoms with Gasteiger partial charge in [0.1, 0.15) is 5.82 Å². The highest BCUT2D eigenvalue weighted by Crippen LogP contribution is 2.55. The third-order valence-electron chi connectivity index (χ3n) is 5.24. The van der Waals surface area contributed by atoms with Crippen LogP contribution in [0, 0.1) is 11.7 Å². The van der Waals surface area contributed by atoms with E-state index in [-0.39, 0.29) is 41.9 Å². The summed E-state index contributed by atoms with van der Waals surface area (Å²) < 4.78 is 13.7. The van der Waals surface area contributed by atoms with E-state index in [1.807, 2.05) is 19.9 Å². The quantitative estimate of drug-likeness (QED) is 0.855. The Kier molecular flexibility index (Phi) is 2.55. The van der Waals surface area contributed by atoms with Crippen LogP contribution in [-0.4, -0.2) is 39.2 Å². The van der Waals surface area contributed by atoms with Gasteiger partial charge in [-0.25, -0.2) is 9.40 Å². The molecule has 112 valence electrons. The molecule has 0 spiro atoms. The molecular formula is C16H19FN2O2. The number of aliphatic hydroxyl groups is 1. The monoisotopic (exact) mass is 290 g/mol. The summed E-state index contributed by atoms with van der Waals surface area (Å²) in [6.45, 7) is 4.04. The fourth-order valence-electron chi connectivity index (χ4n) is 4.48. The number of hydrogen-bond donors (Lipinski definition) is 1. The third-order valence-corrected chi connectivity index (χ3v) is 5.24. The molecule has 3 unspecified atom stereocenters. The number of fused-ring (bicyclic) bond motifs is 5. The maximum absolute atomic E-state index is 13.7. The Balaban J connectivity index is 1.86. The maximum Gasteiger partial charge on any atom is 0.239 e. The van der Waals surface area contributed by atoms with Crippen molar-refractivity contribution in [3.05, 3.63) is 35.1 Å².